The van der Waals surface area contributed by atoms with Crippen LogP contribution in [0.15, 0.2) is 58.7 Å². The zero-order valence-corrected chi connectivity index (χ0v) is 13.1. The number of alkyl halides is 3. The molecule has 0 spiro atoms. The van der Waals surface area contributed by atoms with E-state index in [1.807, 2.05) is 6.92 Å². The van der Waals surface area contributed by atoms with Crippen LogP contribution in [-0.2, 0) is 6.18 Å². The number of hydrogen-bond acceptors (Lipinski definition) is 4. The summed E-state index contributed by atoms with van der Waals surface area (Å²) < 4.78 is 37.7. The molecule has 0 aliphatic rings. The minimum absolute atomic E-state index is 0.505. The first-order valence-corrected chi connectivity index (χ1v) is 7.41. The van der Waals surface area contributed by atoms with Crippen LogP contribution in [0.5, 0.6) is 0 Å². The number of nitrogens with zero attached hydrogens (tertiary/aromatic N) is 2. The number of halogens is 3. The molecule has 120 valence electrons. The predicted octanol–water partition coefficient (Wildman–Crippen LogP) is 5.36. The Morgan fingerprint density at radius 3 is 2.48 bits per heavy atom. The molecule has 1 heterocycles. The number of hydrogen-bond donors (Lipinski definition) is 1. The Labute approximate surface area is 135 Å². The van der Waals surface area contributed by atoms with Crippen LogP contribution in [0.3, 0.4) is 0 Å². The van der Waals surface area contributed by atoms with Crippen LogP contribution in [0.1, 0.15) is 12.5 Å². The lowest BCUT2D eigenvalue weighted by molar-refractivity contribution is -0.137. The van der Waals surface area contributed by atoms with Gasteiger partial charge in [-0.05, 0) is 31.9 Å². The number of benzene rings is 1. The van der Waals surface area contributed by atoms with Crippen molar-refractivity contribution in [1.82, 2.24) is 4.98 Å². The molecule has 0 amide bonds. The molecule has 2 rings (SSSR count). The predicted molar refractivity (Wildman–Crippen MR) is 88.6 cm³/mol. The van der Waals surface area contributed by atoms with Gasteiger partial charge in [0, 0.05) is 10.9 Å². The van der Waals surface area contributed by atoms with E-state index in [-0.39, 0.29) is 0 Å². The average molecular weight is 337 g/mol. The summed E-state index contributed by atoms with van der Waals surface area (Å²) >= 11 is 1.32. The summed E-state index contributed by atoms with van der Waals surface area (Å²) in [5.74, 6) is 0.505. The zero-order chi connectivity index (χ0) is 17.0. The molecule has 0 saturated carbocycles. The van der Waals surface area contributed by atoms with Crippen LogP contribution in [0.4, 0.5) is 18.3 Å². The van der Waals surface area contributed by atoms with E-state index in [1.54, 1.807) is 11.5 Å². The first kappa shape index (κ1) is 17.0. The van der Waals surface area contributed by atoms with Crippen molar-refractivity contribution in [3.63, 3.8) is 0 Å². The van der Waals surface area contributed by atoms with Gasteiger partial charge >= 0.3 is 6.18 Å². The summed E-state index contributed by atoms with van der Waals surface area (Å²) in [6.45, 7) is 9.03. The van der Waals surface area contributed by atoms with Crippen molar-refractivity contribution in [3.8, 4) is 11.3 Å². The molecule has 0 atom stereocenters. The van der Waals surface area contributed by atoms with Crippen LogP contribution in [0, 0.1) is 0 Å². The van der Waals surface area contributed by atoms with Crippen molar-refractivity contribution < 1.29 is 13.2 Å². The number of allylic oxidation sites excluding steroid dienone is 2. The monoisotopic (exact) mass is 337 g/mol. The van der Waals surface area contributed by atoms with Gasteiger partial charge in [-0.15, -0.1) is 11.3 Å². The topological polar surface area (TPSA) is 37.3 Å². The Morgan fingerprint density at radius 2 is 1.96 bits per heavy atom. The van der Waals surface area contributed by atoms with Crippen LogP contribution in [-0.4, -0.2) is 11.7 Å². The Kier molecular flexibility index (Phi) is 5.00. The molecule has 0 unspecified atom stereocenters. The molecule has 23 heavy (non-hydrogen) atoms. The molecule has 3 nitrogen and oxygen atoms in total. The maximum Gasteiger partial charge on any atom is 0.416 e. The summed E-state index contributed by atoms with van der Waals surface area (Å²) in [6, 6.07) is 4.88. The van der Waals surface area contributed by atoms with Gasteiger partial charge in [0.05, 0.1) is 11.3 Å². The van der Waals surface area contributed by atoms with Crippen molar-refractivity contribution in [2.24, 2.45) is 4.99 Å². The summed E-state index contributed by atoms with van der Waals surface area (Å²) in [5.41, 5.74) is 1.32. The maximum atomic E-state index is 12.6. The fourth-order valence-corrected chi connectivity index (χ4v) is 2.48. The molecule has 0 bridgehead atoms. The van der Waals surface area contributed by atoms with Crippen LogP contribution in [0.25, 0.3) is 11.3 Å². The number of nitrogens with one attached hydrogen (secondary N) is 1. The largest absolute Gasteiger partial charge is 0.416 e. The highest BCUT2D eigenvalue weighted by Gasteiger charge is 2.30. The van der Waals surface area contributed by atoms with E-state index in [1.165, 1.54) is 23.5 Å². The Bertz CT molecular complexity index is 743. The third kappa shape index (κ3) is 4.53. The number of anilines is 1. The molecule has 1 aromatic heterocycles. The van der Waals surface area contributed by atoms with Crippen molar-refractivity contribution in [2.75, 3.05) is 5.32 Å². The first-order valence-electron chi connectivity index (χ1n) is 6.53. The highest BCUT2D eigenvalue weighted by atomic mass is 32.1. The van der Waals surface area contributed by atoms with Crippen molar-refractivity contribution in [1.29, 1.82) is 0 Å². The van der Waals surface area contributed by atoms with Gasteiger partial charge in [-0.1, -0.05) is 24.3 Å². The van der Waals surface area contributed by atoms with Crippen LogP contribution < -0.4 is 5.32 Å². The summed E-state index contributed by atoms with van der Waals surface area (Å²) in [5, 5.41) is 5.31. The van der Waals surface area contributed by atoms with Gasteiger partial charge in [0.25, 0.3) is 0 Å². The van der Waals surface area contributed by atoms with Gasteiger partial charge in [-0.3, -0.25) is 0 Å². The highest BCUT2D eigenvalue weighted by Crippen LogP contribution is 2.32. The summed E-state index contributed by atoms with van der Waals surface area (Å²) in [7, 11) is 0. The molecular formula is C16H14F3N3S. The normalized spacial score (nSPS) is 12.1. The third-order valence-electron chi connectivity index (χ3n) is 2.80. The third-order valence-corrected chi connectivity index (χ3v) is 3.56. The van der Waals surface area contributed by atoms with Gasteiger partial charge in [0.15, 0.2) is 5.13 Å². The van der Waals surface area contributed by atoms with Crippen LogP contribution in [0.2, 0.25) is 0 Å². The molecule has 1 N–H and O–H groups in total. The van der Waals surface area contributed by atoms with Gasteiger partial charge < -0.3 is 5.32 Å². The minimum Gasteiger partial charge on any atom is -0.316 e. The second kappa shape index (κ2) is 6.78. The Hall–Kier alpha value is -2.41. The Balaban J connectivity index is 2.19. The lowest BCUT2D eigenvalue weighted by Gasteiger charge is -2.06. The second-order valence-electron chi connectivity index (χ2n) is 4.77. The zero-order valence-electron chi connectivity index (χ0n) is 12.3. The van der Waals surface area contributed by atoms with E-state index in [0.29, 0.717) is 22.2 Å². The number of aliphatic imine (C=N–C) groups is 1. The Morgan fingerprint density at radius 1 is 1.30 bits per heavy atom. The van der Waals surface area contributed by atoms with E-state index in [2.05, 4.69) is 28.6 Å². The maximum absolute atomic E-state index is 12.6. The SMILES string of the molecule is C=N/C(=C\C(=C)C)Nc1nc(-c2ccc(C(F)(F)F)cc2)cs1. The molecule has 0 aliphatic heterocycles. The summed E-state index contributed by atoms with van der Waals surface area (Å²) in [4.78, 5) is 8.16. The van der Waals surface area contributed by atoms with Crippen LogP contribution >= 0.6 is 11.3 Å². The van der Waals surface area contributed by atoms with Gasteiger partial charge in [-0.25, -0.2) is 9.98 Å². The van der Waals surface area contributed by atoms with Gasteiger partial charge in [0.1, 0.15) is 5.82 Å². The molecule has 0 radical (unpaired) electrons. The van der Waals surface area contributed by atoms with Crippen molar-refractivity contribution >= 4 is 23.2 Å². The number of thiazole rings is 1. The first-order chi connectivity index (χ1) is 10.8. The summed E-state index contributed by atoms with van der Waals surface area (Å²) in [6.07, 6.45) is -2.63. The van der Waals surface area contributed by atoms with Crippen molar-refractivity contribution in [2.45, 2.75) is 13.1 Å². The average Bonchev–Trinajstić information content (AvgIpc) is 2.94. The standard InChI is InChI=1S/C16H14F3N3S/c1-10(2)8-14(20-3)22-15-21-13(9-23-15)11-4-6-12(7-5-11)16(17,18)19/h4-9H,1,3H2,2H3,(H,21,22)/b14-8+. The second-order valence-corrected chi connectivity index (χ2v) is 5.63. The smallest absolute Gasteiger partial charge is 0.316 e. The number of aromatic nitrogens is 1. The number of rotatable bonds is 5. The fraction of sp³-hybridized carbons (Fsp3) is 0.125. The van der Waals surface area contributed by atoms with Gasteiger partial charge in [0.2, 0.25) is 0 Å². The van der Waals surface area contributed by atoms with E-state index in [9.17, 15) is 13.2 Å². The lowest BCUT2D eigenvalue weighted by Crippen LogP contribution is -2.04. The van der Waals surface area contributed by atoms with E-state index < -0.39 is 11.7 Å². The van der Waals surface area contributed by atoms with Crippen molar-refractivity contribution in [3.05, 3.63) is 59.3 Å². The van der Waals surface area contributed by atoms with E-state index in [0.717, 1.165) is 17.7 Å². The fourth-order valence-electron chi connectivity index (χ4n) is 1.76. The van der Waals surface area contributed by atoms with E-state index >= 15 is 0 Å². The highest BCUT2D eigenvalue weighted by molar-refractivity contribution is 7.14. The minimum atomic E-state index is -4.34. The molecule has 2 aromatic rings. The molecule has 7 heteroatoms. The van der Waals surface area contributed by atoms with E-state index in [4.69, 9.17) is 0 Å². The molecule has 0 fully saturated rings. The molecule has 0 saturated heterocycles. The van der Waals surface area contributed by atoms with Gasteiger partial charge in [-0.2, -0.15) is 13.2 Å². The molecule has 1 aromatic carbocycles. The lowest BCUT2D eigenvalue weighted by atomic mass is 10.1. The molecule has 0 aliphatic carbocycles. The quantitative estimate of drug-likeness (QED) is 0.589. The molecular weight excluding hydrogens is 323 g/mol.